The highest BCUT2D eigenvalue weighted by atomic mass is 14.2. The third-order valence-corrected chi connectivity index (χ3v) is 4.97. The summed E-state index contributed by atoms with van der Waals surface area (Å²) in [5, 5.41) is 0. The Kier molecular flexibility index (Phi) is 17.4. The average molecular weight is 310 g/mol. The van der Waals surface area contributed by atoms with Crippen LogP contribution in [0.25, 0.3) is 0 Å². The van der Waals surface area contributed by atoms with Crippen LogP contribution in [0.5, 0.6) is 0 Å². The van der Waals surface area contributed by atoms with Crippen LogP contribution in [-0.4, -0.2) is 0 Å². The largest absolute Gasteiger partial charge is 0.0654 e. The molecule has 2 unspecified atom stereocenters. The fourth-order valence-corrected chi connectivity index (χ4v) is 3.44. The number of hydrogen-bond donors (Lipinski definition) is 0. The Bertz CT molecular complexity index is 196. The molecule has 0 aliphatic heterocycles. The SMILES string of the molecule is CCCCCCCCC(C)[CH]C(CCCC)CCCCCC. The highest BCUT2D eigenvalue weighted by Crippen LogP contribution is 2.26. The Hall–Kier alpha value is 0. The van der Waals surface area contributed by atoms with Gasteiger partial charge in [-0.3, -0.25) is 0 Å². The van der Waals surface area contributed by atoms with Crippen molar-refractivity contribution in [1.29, 1.82) is 0 Å². The Balaban J connectivity index is 3.76. The molecule has 0 nitrogen and oxygen atoms in total. The molecule has 0 aliphatic rings. The molecule has 0 heteroatoms. The van der Waals surface area contributed by atoms with E-state index in [2.05, 4.69) is 34.1 Å². The molecule has 0 spiro atoms. The van der Waals surface area contributed by atoms with Gasteiger partial charge in [-0.05, 0) is 18.3 Å². The number of unbranched alkanes of at least 4 members (excludes halogenated alkanes) is 9. The second-order valence-corrected chi connectivity index (χ2v) is 7.48. The molecule has 1 radical (unpaired) electrons. The second-order valence-electron chi connectivity index (χ2n) is 7.48. The number of rotatable bonds is 17. The molecule has 0 saturated heterocycles. The molecule has 0 saturated carbocycles. The molecule has 0 aliphatic carbocycles. The van der Waals surface area contributed by atoms with Gasteiger partial charge in [-0.2, -0.15) is 0 Å². The van der Waals surface area contributed by atoms with E-state index in [1.54, 1.807) is 0 Å². The molecule has 0 bridgehead atoms. The van der Waals surface area contributed by atoms with Crippen LogP contribution in [-0.2, 0) is 0 Å². The van der Waals surface area contributed by atoms with Gasteiger partial charge in [-0.1, -0.05) is 124 Å². The van der Waals surface area contributed by atoms with E-state index in [1.807, 2.05) is 0 Å². The molecular formula is C22H45. The maximum atomic E-state index is 2.72. The summed E-state index contributed by atoms with van der Waals surface area (Å²) in [7, 11) is 0. The molecule has 0 aromatic rings. The molecule has 0 heterocycles. The van der Waals surface area contributed by atoms with E-state index in [0.717, 1.165) is 11.8 Å². The normalized spacial score (nSPS) is 14.2. The maximum Gasteiger partial charge on any atom is -0.0326 e. The van der Waals surface area contributed by atoms with Crippen LogP contribution in [0, 0.1) is 18.3 Å². The van der Waals surface area contributed by atoms with Crippen molar-refractivity contribution in [3.63, 3.8) is 0 Å². The first-order chi connectivity index (χ1) is 10.7. The smallest absolute Gasteiger partial charge is 0.0326 e. The van der Waals surface area contributed by atoms with Crippen molar-refractivity contribution in [3.05, 3.63) is 6.42 Å². The minimum absolute atomic E-state index is 0.833. The van der Waals surface area contributed by atoms with Crippen molar-refractivity contribution in [1.82, 2.24) is 0 Å². The standard InChI is InChI=1S/C22H45/c1-5-8-11-13-14-15-17-21(4)20-22(18-10-7-3)19-16-12-9-6-2/h20-22H,5-19H2,1-4H3. The van der Waals surface area contributed by atoms with Crippen LogP contribution < -0.4 is 0 Å². The second kappa shape index (κ2) is 17.4. The zero-order valence-corrected chi connectivity index (χ0v) is 16.3. The first-order valence-electron chi connectivity index (χ1n) is 10.6. The first-order valence-corrected chi connectivity index (χ1v) is 10.6. The molecule has 0 aromatic heterocycles. The van der Waals surface area contributed by atoms with Crippen molar-refractivity contribution >= 4 is 0 Å². The molecular weight excluding hydrogens is 264 g/mol. The molecule has 2 atom stereocenters. The highest BCUT2D eigenvalue weighted by Gasteiger charge is 2.13. The first kappa shape index (κ1) is 22.0. The summed E-state index contributed by atoms with van der Waals surface area (Å²) in [6.07, 6.45) is 24.0. The van der Waals surface area contributed by atoms with E-state index >= 15 is 0 Å². The summed E-state index contributed by atoms with van der Waals surface area (Å²) >= 11 is 0. The predicted octanol–water partition coefficient (Wildman–Crippen LogP) is 8.35. The average Bonchev–Trinajstić information content (AvgIpc) is 2.52. The van der Waals surface area contributed by atoms with Gasteiger partial charge < -0.3 is 0 Å². The fraction of sp³-hybridized carbons (Fsp3) is 0.955. The van der Waals surface area contributed by atoms with Gasteiger partial charge in [0.05, 0.1) is 0 Å². The molecule has 22 heavy (non-hydrogen) atoms. The summed E-state index contributed by atoms with van der Waals surface area (Å²) in [6, 6.07) is 0. The monoisotopic (exact) mass is 309 g/mol. The van der Waals surface area contributed by atoms with Gasteiger partial charge >= 0.3 is 0 Å². The predicted molar refractivity (Wildman–Crippen MR) is 103 cm³/mol. The zero-order valence-electron chi connectivity index (χ0n) is 16.3. The third kappa shape index (κ3) is 14.9. The van der Waals surface area contributed by atoms with Gasteiger partial charge in [0.2, 0.25) is 0 Å². The van der Waals surface area contributed by atoms with E-state index in [0.29, 0.717) is 0 Å². The van der Waals surface area contributed by atoms with Gasteiger partial charge in [0.15, 0.2) is 0 Å². The summed E-state index contributed by atoms with van der Waals surface area (Å²) in [6.45, 7) is 9.39. The third-order valence-electron chi connectivity index (χ3n) is 4.97. The highest BCUT2D eigenvalue weighted by molar-refractivity contribution is 4.81. The van der Waals surface area contributed by atoms with Gasteiger partial charge in [-0.25, -0.2) is 0 Å². The van der Waals surface area contributed by atoms with Gasteiger partial charge in [-0.15, -0.1) is 0 Å². The molecule has 0 amide bonds. The van der Waals surface area contributed by atoms with Crippen LogP contribution >= 0.6 is 0 Å². The van der Waals surface area contributed by atoms with Gasteiger partial charge in [0, 0.05) is 0 Å². The van der Waals surface area contributed by atoms with Crippen molar-refractivity contribution in [2.75, 3.05) is 0 Å². The number of hydrogen-bond acceptors (Lipinski definition) is 0. The molecule has 0 fully saturated rings. The Morgan fingerprint density at radius 2 is 1.00 bits per heavy atom. The lowest BCUT2D eigenvalue weighted by atomic mass is 9.85. The fourth-order valence-electron chi connectivity index (χ4n) is 3.44. The van der Waals surface area contributed by atoms with E-state index in [9.17, 15) is 0 Å². The van der Waals surface area contributed by atoms with Crippen LogP contribution in [0.4, 0.5) is 0 Å². The minimum atomic E-state index is 0.833. The van der Waals surface area contributed by atoms with E-state index in [1.165, 1.54) is 96.3 Å². The quantitative estimate of drug-likeness (QED) is 0.237. The summed E-state index contributed by atoms with van der Waals surface area (Å²) < 4.78 is 0. The van der Waals surface area contributed by atoms with Crippen LogP contribution in [0.3, 0.4) is 0 Å². The molecule has 0 N–H and O–H groups in total. The van der Waals surface area contributed by atoms with Crippen molar-refractivity contribution in [2.45, 2.75) is 124 Å². The lowest BCUT2D eigenvalue weighted by Crippen LogP contribution is -2.08. The van der Waals surface area contributed by atoms with Crippen LogP contribution in [0.15, 0.2) is 0 Å². The van der Waals surface area contributed by atoms with E-state index < -0.39 is 0 Å². The Morgan fingerprint density at radius 1 is 0.545 bits per heavy atom. The maximum absolute atomic E-state index is 2.72. The summed E-state index contributed by atoms with van der Waals surface area (Å²) in [4.78, 5) is 0. The van der Waals surface area contributed by atoms with Crippen LogP contribution in [0.2, 0.25) is 0 Å². The lowest BCUT2D eigenvalue weighted by molar-refractivity contribution is 0.403. The van der Waals surface area contributed by atoms with E-state index in [4.69, 9.17) is 0 Å². The minimum Gasteiger partial charge on any atom is -0.0654 e. The van der Waals surface area contributed by atoms with Crippen LogP contribution in [0.1, 0.15) is 124 Å². The van der Waals surface area contributed by atoms with Gasteiger partial charge in [0.25, 0.3) is 0 Å². The van der Waals surface area contributed by atoms with Gasteiger partial charge in [0.1, 0.15) is 0 Å². The Labute approximate surface area is 142 Å². The molecule has 0 aromatic carbocycles. The zero-order chi connectivity index (χ0) is 16.5. The van der Waals surface area contributed by atoms with Crippen molar-refractivity contribution < 1.29 is 0 Å². The topological polar surface area (TPSA) is 0 Å². The van der Waals surface area contributed by atoms with Crippen molar-refractivity contribution in [3.8, 4) is 0 Å². The molecule has 0 rings (SSSR count). The van der Waals surface area contributed by atoms with Crippen molar-refractivity contribution in [2.24, 2.45) is 11.8 Å². The van der Waals surface area contributed by atoms with E-state index in [-0.39, 0.29) is 0 Å². The Morgan fingerprint density at radius 3 is 1.64 bits per heavy atom. The summed E-state index contributed by atoms with van der Waals surface area (Å²) in [5.41, 5.74) is 0. The summed E-state index contributed by atoms with van der Waals surface area (Å²) in [5.74, 6) is 1.73. The molecule has 133 valence electrons. The lowest BCUT2D eigenvalue weighted by Gasteiger charge is -2.21.